The summed E-state index contributed by atoms with van der Waals surface area (Å²) in [6.07, 6.45) is 2.12. The van der Waals surface area contributed by atoms with Crippen molar-refractivity contribution >= 4 is 5.97 Å². The average molecular weight is 289 g/mol. The fourth-order valence-electron chi connectivity index (χ4n) is 1.97. The number of aromatic nitrogens is 1. The third-order valence-electron chi connectivity index (χ3n) is 3.36. The molecular formula is C16H16FNO3. The van der Waals surface area contributed by atoms with Gasteiger partial charge in [0.25, 0.3) is 5.88 Å². The van der Waals surface area contributed by atoms with Gasteiger partial charge in [0.1, 0.15) is 11.3 Å². The molecule has 1 aromatic heterocycles. The fraction of sp³-hybridized carbons (Fsp3) is 0.250. The van der Waals surface area contributed by atoms with Crippen molar-refractivity contribution in [1.82, 2.24) is 4.98 Å². The van der Waals surface area contributed by atoms with Crippen molar-refractivity contribution in [3.8, 4) is 11.6 Å². The lowest BCUT2D eigenvalue weighted by molar-refractivity contribution is 0.0690. The zero-order valence-electron chi connectivity index (χ0n) is 11.8. The molecule has 0 saturated carbocycles. The number of carbonyl (C=O) groups is 1. The zero-order valence-corrected chi connectivity index (χ0v) is 11.8. The Labute approximate surface area is 122 Å². The van der Waals surface area contributed by atoms with Crippen molar-refractivity contribution in [2.24, 2.45) is 0 Å². The molecule has 1 heterocycles. The molecule has 1 aromatic carbocycles. The van der Waals surface area contributed by atoms with Crippen LogP contribution in [-0.2, 0) is 0 Å². The molecule has 1 N–H and O–H groups in total. The van der Waals surface area contributed by atoms with Gasteiger partial charge in [-0.25, -0.2) is 14.2 Å². The van der Waals surface area contributed by atoms with E-state index in [4.69, 9.17) is 9.84 Å². The highest BCUT2D eigenvalue weighted by molar-refractivity contribution is 5.88. The van der Waals surface area contributed by atoms with Gasteiger partial charge < -0.3 is 9.84 Å². The molecule has 1 unspecified atom stereocenters. The molecule has 5 heteroatoms. The Bertz CT molecular complexity index is 658. The van der Waals surface area contributed by atoms with Gasteiger partial charge in [0.05, 0.1) is 0 Å². The maximum atomic E-state index is 14.1. The molecule has 0 aliphatic rings. The molecule has 0 fully saturated rings. The van der Waals surface area contributed by atoms with Crippen LogP contribution in [0.4, 0.5) is 4.39 Å². The molecule has 1 atom stereocenters. The van der Waals surface area contributed by atoms with Gasteiger partial charge in [-0.1, -0.05) is 32.0 Å². The van der Waals surface area contributed by atoms with Gasteiger partial charge in [0.2, 0.25) is 0 Å². The second-order valence-corrected chi connectivity index (χ2v) is 4.73. The average Bonchev–Trinajstić information content (AvgIpc) is 2.49. The minimum absolute atomic E-state index is 0.243. The molecule has 0 bridgehead atoms. The topological polar surface area (TPSA) is 59.4 Å². The quantitative estimate of drug-likeness (QED) is 0.895. The Morgan fingerprint density at radius 2 is 2.10 bits per heavy atom. The van der Waals surface area contributed by atoms with Gasteiger partial charge in [0, 0.05) is 6.20 Å². The molecule has 21 heavy (non-hydrogen) atoms. The van der Waals surface area contributed by atoms with E-state index in [2.05, 4.69) is 4.98 Å². The Kier molecular flexibility index (Phi) is 4.52. The molecule has 0 radical (unpaired) electrons. The standard InChI is InChI=1S/C16H16FNO3/c1-3-10(2)11-6-4-5-7-13(11)21-15-14(17)12(16(19)20)8-9-18-15/h4-10H,3H2,1-2H3,(H,19,20). The first-order valence-corrected chi connectivity index (χ1v) is 6.69. The highest BCUT2D eigenvalue weighted by atomic mass is 19.1. The van der Waals surface area contributed by atoms with Crippen LogP contribution in [0.25, 0.3) is 0 Å². The highest BCUT2D eigenvalue weighted by Gasteiger charge is 2.18. The monoisotopic (exact) mass is 289 g/mol. The van der Waals surface area contributed by atoms with Gasteiger partial charge >= 0.3 is 5.97 Å². The number of hydrogen-bond acceptors (Lipinski definition) is 3. The summed E-state index contributed by atoms with van der Waals surface area (Å²) < 4.78 is 19.6. The predicted octanol–water partition coefficient (Wildman–Crippen LogP) is 4.22. The van der Waals surface area contributed by atoms with Crippen molar-refractivity contribution in [1.29, 1.82) is 0 Å². The first-order chi connectivity index (χ1) is 10.0. The van der Waals surface area contributed by atoms with E-state index in [1.807, 2.05) is 26.0 Å². The Balaban J connectivity index is 2.40. The zero-order chi connectivity index (χ0) is 15.4. The van der Waals surface area contributed by atoms with E-state index < -0.39 is 17.3 Å². The van der Waals surface area contributed by atoms with Crippen LogP contribution in [-0.4, -0.2) is 16.1 Å². The van der Waals surface area contributed by atoms with Gasteiger partial charge in [-0.2, -0.15) is 0 Å². The SMILES string of the molecule is CCC(C)c1ccccc1Oc1nccc(C(=O)O)c1F. The molecule has 0 aliphatic carbocycles. The Morgan fingerprint density at radius 1 is 1.38 bits per heavy atom. The largest absolute Gasteiger partial charge is 0.478 e. The number of nitrogens with zero attached hydrogens (tertiary/aromatic N) is 1. The molecule has 4 nitrogen and oxygen atoms in total. The minimum atomic E-state index is -1.35. The van der Waals surface area contributed by atoms with Gasteiger partial charge in [0.15, 0.2) is 5.82 Å². The summed E-state index contributed by atoms with van der Waals surface area (Å²) in [7, 11) is 0. The van der Waals surface area contributed by atoms with Crippen LogP contribution in [0.2, 0.25) is 0 Å². The lowest BCUT2D eigenvalue weighted by Gasteiger charge is -2.15. The van der Waals surface area contributed by atoms with Crippen LogP contribution in [0.15, 0.2) is 36.5 Å². The number of para-hydroxylation sites is 1. The van der Waals surface area contributed by atoms with Crippen LogP contribution in [0.1, 0.15) is 42.1 Å². The summed E-state index contributed by atoms with van der Waals surface area (Å²) in [5.41, 5.74) is 0.475. The molecule has 0 aliphatic heterocycles. The van der Waals surface area contributed by atoms with Gasteiger partial charge in [-0.15, -0.1) is 0 Å². The molecule has 0 amide bonds. The van der Waals surface area contributed by atoms with Crippen LogP contribution in [0.3, 0.4) is 0 Å². The van der Waals surface area contributed by atoms with E-state index in [1.165, 1.54) is 6.20 Å². The maximum absolute atomic E-state index is 14.1. The summed E-state index contributed by atoms with van der Waals surface area (Å²) in [6, 6.07) is 8.38. The third kappa shape index (κ3) is 3.18. The fourth-order valence-corrected chi connectivity index (χ4v) is 1.97. The van der Waals surface area contributed by atoms with E-state index in [1.54, 1.807) is 12.1 Å². The molecule has 110 valence electrons. The second-order valence-electron chi connectivity index (χ2n) is 4.73. The van der Waals surface area contributed by atoms with Crippen LogP contribution >= 0.6 is 0 Å². The summed E-state index contributed by atoms with van der Waals surface area (Å²) in [6.45, 7) is 4.09. The number of hydrogen-bond donors (Lipinski definition) is 1. The number of aromatic carboxylic acids is 1. The number of benzene rings is 1. The molecular weight excluding hydrogens is 273 g/mol. The number of carboxylic acids is 1. The number of rotatable bonds is 5. The van der Waals surface area contributed by atoms with Crippen LogP contribution in [0, 0.1) is 5.82 Å². The van der Waals surface area contributed by atoms with Crippen LogP contribution < -0.4 is 4.74 Å². The summed E-state index contributed by atoms with van der Waals surface area (Å²) in [5, 5.41) is 8.91. The van der Waals surface area contributed by atoms with E-state index in [-0.39, 0.29) is 11.8 Å². The third-order valence-corrected chi connectivity index (χ3v) is 3.36. The van der Waals surface area contributed by atoms with Crippen molar-refractivity contribution in [3.63, 3.8) is 0 Å². The second kappa shape index (κ2) is 6.35. The van der Waals surface area contributed by atoms with Gasteiger partial charge in [-0.3, -0.25) is 0 Å². The smallest absolute Gasteiger partial charge is 0.338 e. The van der Waals surface area contributed by atoms with Crippen molar-refractivity contribution in [3.05, 3.63) is 53.5 Å². The maximum Gasteiger partial charge on any atom is 0.338 e. The van der Waals surface area contributed by atoms with E-state index in [0.717, 1.165) is 18.1 Å². The minimum Gasteiger partial charge on any atom is -0.478 e. The number of halogens is 1. The first kappa shape index (κ1) is 15.0. The predicted molar refractivity (Wildman–Crippen MR) is 76.4 cm³/mol. The van der Waals surface area contributed by atoms with E-state index in [9.17, 15) is 9.18 Å². The lowest BCUT2D eigenvalue weighted by Crippen LogP contribution is -2.04. The molecule has 2 rings (SSSR count). The van der Waals surface area contributed by atoms with Crippen molar-refractivity contribution in [2.75, 3.05) is 0 Å². The summed E-state index contributed by atoms with van der Waals surface area (Å²) >= 11 is 0. The van der Waals surface area contributed by atoms with E-state index >= 15 is 0 Å². The molecule has 0 spiro atoms. The van der Waals surface area contributed by atoms with Crippen molar-refractivity contribution < 1.29 is 19.0 Å². The Morgan fingerprint density at radius 3 is 2.76 bits per heavy atom. The normalized spacial score (nSPS) is 12.0. The number of carboxylic acid groups (broad SMARTS) is 1. The summed E-state index contributed by atoms with van der Waals surface area (Å²) in [5.74, 6) is -1.92. The first-order valence-electron chi connectivity index (χ1n) is 6.69. The van der Waals surface area contributed by atoms with Crippen molar-refractivity contribution in [2.45, 2.75) is 26.2 Å². The number of ether oxygens (including phenoxy) is 1. The number of pyridine rings is 1. The molecule has 0 saturated heterocycles. The Hall–Kier alpha value is -2.43. The molecule has 2 aromatic rings. The summed E-state index contributed by atoms with van der Waals surface area (Å²) in [4.78, 5) is 14.7. The highest BCUT2D eigenvalue weighted by Crippen LogP contribution is 2.32. The van der Waals surface area contributed by atoms with E-state index in [0.29, 0.717) is 5.75 Å². The van der Waals surface area contributed by atoms with Crippen LogP contribution in [0.5, 0.6) is 11.6 Å². The lowest BCUT2D eigenvalue weighted by atomic mass is 9.98. The van der Waals surface area contributed by atoms with Gasteiger partial charge in [-0.05, 0) is 30.0 Å².